The quantitative estimate of drug-likeness (QED) is 0.214. The van der Waals surface area contributed by atoms with E-state index in [1.165, 1.54) is 69.1 Å². The van der Waals surface area contributed by atoms with Gasteiger partial charge in [-0.2, -0.15) is 0 Å². The lowest BCUT2D eigenvalue weighted by molar-refractivity contribution is -0.148. The average molecular weight is 630 g/mol. The molecule has 6 N–H and O–H groups in total. The maximum atomic E-state index is 13.1. The van der Waals surface area contributed by atoms with Crippen LogP contribution in [0.3, 0.4) is 0 Å². The van der Waals surface area contributed by atoms with Crippen LogP contribution in [0.15, 0.2) is 11.3 Å². The Morgan fingerprint density at radius 2 is 1.75 bits per heavy atom. The van der Waals surface area contributed by atoms with E-state index in [1.54, 1.807) is 11.8 Å². The van der Waals surface area contributed by atoms with E-state index in [0.717, 1.165) is 48.0 Å². The van der Waals surface area contributed by atoms with Crippen LogP contribution in [0.1, 0.15) is 118 Å². The first kappa shape index (κ1) is 33.8. The van der Waals surface area contributed by atoms with E-state index in [-0.39, 0.29) is 29.6 Å². The molecule has 2 aliphatic heterocycles. The van der Waals surface area contributed by atoms with Crippen molar-refractivity contribution in [1.82, 2.24) is 15.5 Å². The molecule has 6 rings (SSSR count). The van der Waals surface area contributed by atoms with Gasteiger partial charge in [0.2, 0.25) is 5.91 Å². The second-order valence-corrected chi connectivity index (χ2v) is 16.1. The van der Waals surface area contributed by atoms with Crippen LogP contribution in [0.5, 0.6) is 0 Å². The second kappa shape index (κ2) is 13.6. The Morgan fingerprint density at radius 1 is 1.02 bits per heavy atom. The van der Waals surface area contributed by atoms with Gasteiger partial charge in [-0.25, -0.2) is 0 Å². The van der Waals surface area contributed by atoms with Crippen molar-refractivity contribution in [2.75, 3.05) is 12.3 Å². The largest absolute Gasteiger partial charge is 0.342 e. The number of carbonyl (C=O) groups is 3. The summed E-state index contributed by atoms with van der Waals surface area (Å²) in [6.45, 7) is 11.2. The third-order valence-corrected chi connectivity index (χ3v) is 14.5. The minimum atomic E-state index is -0.665. The molecule has 0 spiro atoms. The molecule has 0 aromatic heterocycles. The number of hydrogen-bond donors (Lipinski definition) is 4. The number of carbonyl (C=O) groups excluding carboxylic acids is 3. The molecule has 248 valence electrons. The van der Waals surface area contributed by atoms with E-state index in [0.29, 0.717) is 28.7 Å². The molecule has 10 unspecified atom stereocenters. The second-order valence-electron chi connectivity index (χ2n) is 15.0. The monoisotopic (exact) mass is 629 g/mol. The van der Waals surface area contributed by atoms with Crippen molar-refractivity contribution in [2.45, 2.75) is 136 Å². The number of thioether (sulfide) groups is 1. The molecule has 8 nitrogen and oxygen atoms in total. The van der Waals surface area contributed by atoms with Crippen LogP contribution in [-0.4, -0.2) is 52.5 Å². The Morgan fingerprint density at radius 3 is 2.50 bits per heavy atom. The van der Waals surface area contributed by atoms with Crippen molar-refractivity contribution >= 4 is 29.5 Å². The zero-order valence-electron chi connectivity index (χ0n) is 28.0. The van der Waals surface area contributed by atoms with Gasteiger partial charge in [0.05, 0.1) is 6.17 Å². The molecular formula is C35H59N5O3S. The molecule has 2 heterocycles. The summed E-state index contributed by atoms with van der Waals surface area (Å²) in [6, 6.07) is -0.578. The lowest BCUT2D eigenvalue weighted by Crippen LogP contribution is -2.71. The van der Waals surface area contributed by atoms with Gasteiger partial charge in [0, 0.05) is 18.7 Å². The Labute approximate surface area is 270 Å². The highest BCUT2D eigenvalue weighted by molar-refractivity contribution is 8.00. The Balaban J connectivity index is 0.00000188. The van der Waals surface area contributed by atoms with Gasteiger partial charge in [-0.05, 0) is 117 Å². The normalized spacial score (nSPS) is 39.8. The zero-order valence-corrected chi connectivity index (χ0v) is 28.8. The summed E-state index contributed by atoms with van der Waals surface area (Å²) < 4.78 is 0. The number of rotatable bonds is 8. The van der Waals surface area contributed by atoms with Crippen molar-refractivity contribution in [3.05, 3.63) is 11.3 Å². The SMILES string of the molecule is CC.CC1=C(C(=O)NC(N)CN)N2C(=O)C(NC(=O)CCCC3CCC4C3CCC3C4CCC4(C)CCCCC34C)C2SC1. The van der Waals surface area contributed by atoms with Crippen LogP contribution < -0.4 is 22.1 Å². The summed E-state index contributed by atoms with van der Waals surface area (Å²) in [4.78, 5) is 40.3. The summed E-state index contributed by atoms with van der Waals surface area (Å²) in [7, 11) is 0. The van der Waals surface area contributed by atoms with E-state index in [9.17, 15) is 14.4 Å². The molecule has 10 atom stereocenters. The Hall–Kier alpha value is -1.58. The molecule has 6 aliphatic rings. The number of hydrogen-bond acceptors (Lipinski definition) is 6. The van der Waals surface area contributed by atoms with E-state index in [1.807, 2.05) is 20.8 Å². The molecule has 9 heteroatoms. The highest BCUT2D eigenvalue weighted by Crippen LogP contribution is 2.68. The molecule has 0 radical (unpaired) electrons. The number of nitrogens with one attached hydrogen (secondary N) is 2. The van der Waals surface area contributed by atoms with Crippen molar-refractivity contribution in [3.8, 4) is 0 Å². The fourth-order valence-electron chi connectivity index (χ4n) is 10.6. The van der Waals surface area contributed by atoms with Gasteiger partial charge >= 0.3 is 0 Å². The van der Waals surface area contributed by atoms with E-state index >= 15 is 0 Å². The van der Waals surface area contributed by atoms with Crippen LogP contribution in [0, 0.1) is 40.4 Å². The number of amides is 3. The molecule has 3 amide bonds. The van der Waals surface area contributed by atoms with Gasteiger partial charge in [0.25, 0.3) is 11.8 Å². The minimum absolute atomic E-state index is 0.0499. The number of nitrogens with zero attached hydrogens (tertiary/aromatic N) is 1. The van der Waals surface area contributed by atoms with E-state index in [4.69, 9.17) is 11.5 Å². The highest BCUT2D eigenvalue weighted by Gasteiger charge is 2.59. The number of nitrogens with two attached hydrogens (primary N) is 2. The zero-order chi connectivity index (χ0) is 31.8. The Kier molecular flexibility index (Phi) is 10.5. The third-order valence-electron chi connectivity index (χ3n) is 13.0. The summed E-state index contributed by atoms with van der Waals surface area (Å²) >= 11 is 1.59. The molecule has 4 aliphatic carbocycles. The molecular weight excluding hydrogens is 570 g/mol. The van der Waals surface area contributed by atoms with Crippen molar-refractivity contribution in [3.63, 3.8) is 0 Å². The van der Waals surface area contributed by atoms with E-state index in [2.05, 4.69) is 24.5 Å². The van der Waals surface area contributed by atoms with Crippen molar-refractivity contribution < 1.29 is 14.4 Å². The molecule has 5 fully saturated rings. The predicted octanol–water partition coefficient (Wildman–Crippen LogP) is 5.27. The molecule has 0 aromatic rings. The Bertz CT molecular complexity index is 1130. The van der Waals surface area contributed by atoms with Gasteiger partial charge in [-0.3, -0.25) is 19.3 Å². The smallest absolute Gasteiger partial charge is 0.269 e. The topological polar surface area (TPSA) is 131 Å². The first-order valence-corrected chi connectivity index (χ1v) is 18.8. The molecule has 0 bridgehead atoms. The van der Waals surface area contributed by atoms with Gasteiger partial charge in [-0.15, -0.1) is 11.8 Å². The van der Waals surface area contributed by atoms with Crippen LogP contribution in [-0.2, 0) is 14.4 Å². The van der Waals surface area contributed by atoms with Crippen LogP contribution in [0.2, 0.25) is 0 Å². The summed E-state index contributed by atoms with van der Waals surface area (Å²) in [5, 5.41) is 5.40. The maximum absolute atomic E-state index is 13.1. The predicted molar refractivity (Wildman–Crippen MR) is 178 cm³/mol. The lowest BCUT2D eigenvalue weighted by Gasteiger charge is -2.63. The summed E-state index contributed by atoms with van der Waals surface area (Å²) in [6.07, 6.45) is 15.9. The fraction of sp³-hybridized carbons (Fsp3) is 0.857. The van der Waals surface area contributed by atoms with Gasteiger partial charge < -0.3 is 22.1 Å². The summed E-state index contributed by atoms with van der Waals surface area (Å²) in [5.41, 5.74) is 13.6. The standard InChI is InChI=1S/C33H53N5O3S.C2H6/c1-19-18-42-31-27(30(41)38(31)28(19)29(40)36-25(35)17-34)37-26(39)8-6-7-20-9-10-22-21(20)11-12-24-23(22)13-16-32(2)14-4-5-15-33(24,32)3;1-2/h20-25,27,31H,4-18,34-35H2,1-3H3,(H,36,40)(H,37,39);1-2H3. The molecule has 4 saturated carbocycles. The van der Waals surface area contributed by atoms with Gasteiger partial charge in [0.1, 0.15) is 17.1 Å². The molecule has 1 saturated heterocycles. The first-order valence-electron chi connectivity index (χ1n) is 17.8. The maximum Gasteiger partial charge on any atom is 0.269 e. The van der Waals surface area contributed by atoms with Gasteiger partial charge in [-0.1, -0.05) is 40.5 Å². The number of fused-ring (bicyclic) bond motifs is 6. The van der Waals surface area contributed by atoms with Crippen molar-refractivity contribution in [2.24, 2.45) is 51.9 Å². The number of β-lactam (4-membered cyclic amide) rings is 1. The minimum Gasteiger partial charge on any atom is -0.342 e. The highest BCUT2D eigenvalue weighted by atomic mass is 32.2. The molecule has 0 aromatic carbocycles. The fourth-order valence-corrected chi connectivity index (χ4v) is 11.9. The molecule has 44 heavy (non-hydrogen) atoms. The first-order chi connectivity index (χ1) is 21.1. The van der Waals surface area contributed by atoms with E-state index < -0.39 is 12.2 Å². The van der Waals surface area contributed by atoms with Crippen molar-refractivity contribution in [1.29, 1.82) is 0 Å². The summed E-state index contributed by atoms with van der Waals surface area (Å²) in [5.74, 6) is 4.31. The average Bonchev–Trinajstić information content (AvgIpc) is 3.44. The third kappa shape index (κ3) is 5.87. The lowest BCUT2D eigenvalue weighted by atomic mass is 9.42. The van der Waals surface area contributed by atoms with Crippen LogP contribution in [0.25, 0.3) is 0 Å². The van der Waals surface area contributed by atoms with Crippen LogP contribution in [0.4, 0.5) is 0 Å². The van der Waals surface area contributed by atoms with Crippen LogP contribution >= 0.6 is 11.8 Å². The van der Waals surface area contributed by atoms with Gasteiger partial charge in [0.15, 0.2) is 0 Å².